The lowest BCUT2D eigenvalue weighted by Gasteiger charge is -2.27. The number of benzene rings is 3. The first-order chi connectivity index (χ1) is 17.6. The van der Waals surface area contributed by atoms with Crippen LogP contribution < -0.4 is 4.74 Å². The second-order valence-corrected chi connectivity index (χ2v) is 10.1. The lowest BCUT2D eigenvalue weighted by molar-refractivity contribution is -0.158. The van der Waals surface area contributed by atoms with Crippen LogP contribution in [0.5, 0.6) is 5.75 Å². The highest BCUT2D eigenvalue weighted by Crippen LogP contribution is 2.44. The number of hydrogen-bond donors (Lipinski definition) is 0. The molecule has 0 saturated carbocycles. The van der Waals surface area contributed by atoms with Gasteiger partial charge in [-0.1, -0.05) is 60.7 Å². The zero-order valence-corrected chi connectivity index (χ0v) is 22.5. The van der Waals surface area contributed by atoms with Gasteiger partial charge in [-0.25, -0.2) is 9.59 Å². The molecule has 0 bridgehead atoms. The SMILES string of the molecule is CCOC(=O)C(C)(C)Oc1c(C)cc(CN(C)C(=O)OCC2c3ccccc3-c3ccccc32)cc1C. The first kappa shape index (κ1) is 26.3. The number of rotatable bonds is 8. The predicted molar refractivity (Wildman–Crippen MR) is 144 cm³/mol. The average Bonchev–Trinajstić information content (AvgIpc) is 3.18. The first-order valence-electron chi connectivity index (χ1n) is 12.6. The second-order valence-electron chi connectivity index (χ2n) is 10.1. The van der Waals surface area contributed by atoms with Gasteiger partial charge < -0.3 is 19.1 Å². The molecule has 0 atom stereocenters. The van der Waals surface area contributed by atoms with Gasteiger partial charge in [0.05, 0.1) is 6.61 Å². The highest BCUT2D eigenvalue weighted by atomic mass is 16.6. The van der Waals surface area contributed by atoms with Crippen LogP contribution in [0, 0.1) is 13.8 Å². The summed E-state index contributed by atoms with van der Waals surface area (Å²) in [7, 11) is 1.73. The van der Waals surface area contributed by atoms with E-state index >= 15 is 0 Å². The predicted octanol–water partition coefficient (Wildman–Crippen LogP) is 6.40. The number of nitrogens with zero attached hydrogens (tertiary/aromatic N) is 1. The van der Waals surface area contributed by atoms with Crippen molar-refractivity contribution in [2.45, 2.75) is 52.7 Å². The third-order valence-corrected chi connectivity index (χ3v) is 6.71. The summed E-state index contributed by atoms with van der Waals surface area (Å²) in [4.78, 5) is 26.8. The zero-order chi connectivity index (χ0) is 26.7. The average molecular weight is 502 g/mol. The van der Waals surface area contributed by atoms with E-state index in [1.807, 2.05) is 50.2 Å². The van der Waals surface area contributed by atoms with Crippen LogP contribution in [0.1, 0.15) is 54.5 Å². The van der Waals surface area contributed by atoms with E-state index in [1.165, 1.54) is 22.3 Å². The van der Waals surface area contributed by atoms with Crippen LogP contribution in [0.25, 0.3) is 11.1 Å². The van der Waals surface area contributed by atoms with Crippen LogP contribution in [0.2, 0.25) is 0 Å². The summed E-state index contributed by atoms with van der Waals surface area (Å²) in [5.41, 5.74) is 6.39. The molecule has 0 aromatic heterocycles. The van der Waals surface area contributed by atoms with Crippen LogP contribution in [-0.4, -0.2) is 42.8 Å². The monoisotopic (exact) mass is 501 g/mol. The Morgan fingerprint density at radius 1 is 0.892 bits per heavy atom. The maximum absolute atomic E-state index is 12.9. The molecule has 3 aromatic carbocycles. The maximum atomic E-state index is 12.9. The summed E-state index contributed by atoms with van der Waals surface area (Å²) >= 11 is 0. The Bertz CT molecular complexity index is 1240. The summed E-state index contributed by atoms with van der Waals surface area (Å²) in [6, 6.07) is 20.5. The molecule has 3 aromatic rings. The normalized spacial score (nSPS) is 12.5. The van der Waals surface area contributed by atoms with Crippen molar-refractivity contribution in [2.24, 2.45) is 0 Å². The van der Waals surface area contributed by atoms with E-state index in [0.717, 1.165) is 16.7 Å². The summed E-state index contributed by atoms with van der Waals surface area (Å²) in [5, 5.41) is 0. The van der Waals surface area contributed by atoms with Gasteiger partial charge in [0, 0.05) is 19.5 Å². The molecule has 0 aliphatic heterocycles. The smallest absolute Gasteiger partial charge is 0.409 e. The molecular weight excluding hydrogens is 466 g/mol. The Balaban J connectivity index is 1.41. The van der Waals surface area contributed by atoms with Gasteiger partial charge in [-0.2, -0.15) is 0 Å². The lowest BCUT2D eigenvalue weighted by atomic mass is 9.98. The Morgan fingerprint density at radius 3 is 1.97 bits per heavy atom. The summed E-state index contributed by atoms with van der Waals surface area (Å²) in [6.45, 7) is 9.99. The summed E-state index contributed by atoms with van der Waals surface area (Å²) in [6.07, 6.45) is -0.374. The number of aryl methyl sites for hydroxylation is 2. The number of hydrogen-bond acceptors (Lipinski definition) is 5. The molecule has 0 fully saturated rings. The Morgan fingerprint density at radius 2 is 1.43 bits per heavy atom. The van der Waals surface area contributed by atoms with Crippen molar-refractivity contribution in [2.75, 3.05) is 20.3 Å². The molecular formula is C31H35NO5. The van der Waals surface area contributed by atoms with Crippen molar-refractivity contribution in [3.8, 4) is 16.9 Å². The number of esters is 1. The van der Waals surface area contributed by atoms with Crippen molar-refractivity contribution in [1.82, 2.24) is 4.90 Å². The van der Waals surface area contributed by atoms with Crippen LogP contribution >= 0.6 is 0 Å². The largest absolute Gasteiger partial charge is 0.476 e. The highest BCUT2D eigenvalue weighted by Gasteiger charge is 2.33. The Hall–Kier alpha value is -3.80. The molecule has 1 amide bonds. The van der Waals surface area contributed by atoms with Crippen molar-refractivity contribution in [3.63, 3.8) is 0 Å². The number of carbonyl (C=O) groups excluding carboxylic acids is 2. The van der Waals surface area contributed by atoms with E-state index in [1.54, 1.807) is 32.7 Å². The quantitative estimate of drug-likeness (QED) is 0.334. The molecule has 1 aliphatic rings. The van der Waals surface area contributed by atoms with Gasteiger partial charge in [0.2, 0.25) is 0 Å². The Labute approximate surface area is 219 Å². The van der Waals surface area contributed by atoms with E-state index in [0.29, 0.717) is 18.9 Å². The van der Waals surface area contributed by atoms with Gasteiger partial charge >= 0.3 is 12.1 Å². The molecule has 6 nitrogen and oxygen atoms in total. The van der Waals surface area contributed by atoms with Crippen molar-refractivity contribution in [3.05, 3.63) is 88.5 Å². The maximum Gasteiger partial charge on any atom is 0.409 e. The molecule has 37 heavy (non-hydrogen) atoms. The van der Waals surface area contributed by atoms with Crippen molar-refractivity contribution >= 4 is 12.1 Å². The molecule has 0 radical (unpaired) electrons. The van der Waals surface area contributed by atoms with E-state index in [2.05, 4.69) is 24.3 Å². The molecule has 6 heteroatoms. The minimum atomic E-state index is -1.11. The summed E-state index contributed by atoms with van der Waals surface area (Å²) in [5.74, 6) is 0.256. The molecule has 0 saturated heterocycles. The third-order valence-electron chi connectivity index (χ3n) is 6.71. The van der Waals surface area contributed by atoms with Gasteiger partial charge in [-0.3, -0.25) is 0 Å². The van der Waals surface area contributed by atoms with E-state index < -0.39 is 11.6 Å². The topological polar surface area (TPSA) is 65.1 Å². The fourth-order valence-electron chi connectivity index (χ4n) is 4.94. The van der Waals surface area contributed by atoms with Gasteiger partial charge in [0.1, 0.15) is 12.4 Å². The molecule has 4 rings (SSSR count). The molecule has 1 aliphatic carbocycles. The summed E-state index contributed by atoms with van der Waals surface area (Å²) < 4.78 is 17.0. The molecule has 0 unspecified atom stereocenters. The Kier molecular flexibility index (Phi) is 7.58. The number of fused-ring (bicyclic) bond motifs is 3. The van der Waals surface area contributed by atoms with Crippen LogP contribution in [0.3, 0.4) is 0 Å². The minimum absolute atomic E-state index is 0.0217. The van der Waals surface area contributed by atoms with E-state index in [4.69, 9.17) is 14.2 Å². The molecule has 194 valence electrons. The van der Waals surface area contributed by atoms with Gasteiger partial charge in [0.15, 0.2) is 5.60 Å². The number of carbonyl (C=O) groups is 2. The first-order valence-corrected chi connectivity index (χ1v) is 12.6. The molecule has 0 N–H and O–H groups in total. The van der Waals surface area contributed by atoms with Gasteiger partial charge in [-0.05, 0) is 73.6 Å². The number of amides is 1. The van der Waals surface area contributed by atoms with Crippen molar-refractivity contribution < 1.29 is 23.8 Å². The van der Waals surface area contributed by atoms with Crippen LogP contribution in [0.4, 0.5) is 4.79 Å². The molecule has 0 spiro atoms. The number of ether oxygens (including phenoxy) is 3. The third kappa shape index (κ3) is 5.48. The standard InChI is InChI=1S/C31H35NO5/c1-7-35-29(33)31(4,5)37-28-20(2)16-22(17-21(28)3)18-32(6)30(34)36-19-27-25-14-10-8-12-23(25)24-13-9-11-15-26(24)27/h8-17,27H,7,18-19H2,1-6H3. The highest BCUT2D eigenvalue weighted by molar-refractivity contribution is 5.80. The minimum Gasteiger partial charge on any atom is -0.476 e. The van der Waals surface area contributed by atoms with Crippen LogP contribution in [-0.2, 0) is 20.8 Å². The fraction of sp³-hybridized carbons (Fsp3) is 0.355. The lowest BCUT2D eigenvalue weighted by Crippen LogP contribution is -2.40. The van der Waals surface area contributed by atoms with Gasteiger partial charge in [-0.15, -0.1) is 0 Å². The van der Waals surface area contributed by atoms with Crippen molar-refractivity contribution in [1.29, 1.82) is 0 Å². The molecule has 0 heterocycles. The zero-order valence-electron chi connectivity index (χ0n) is 22.5. The van der Waals surface area contributed by atoms with E-state index in [-0.39, 0.29) is 18.6 Å². The van der Waals surface area contributed by atoms with Gasteiger partial charge in [0.25, 0.3) is 0 Å². The fourth-order valence-corrected chi connectivity index (χ4v) is 4.94. The van der Waals surface area contributed by atoms with E-state index in [9.17, 15) is 9.59 Å². The second kappa shape index (κ2) is 10.7. The van der Waals surface area contributed by atoms with Crippen LogP contribution in [0.15, 0.2) is 60.7 Å².